The summed E-state index contributed by atoms with van der Waals surface area (Å²) in [6.45, 7) is 5.29. The van der Waals surface area contributed by atoms with E-state index >= 15 is 0 Å². The van der Waals surface area contributed by atoms with Crippen LogP contribution in [-0.4, -0.2) is 30.7 Å². The van der Waals surface area contributed by atoms with Gasteiger partial charge >= 0.3 is 0 Å². The number of hydrogen-bond donors (Lipinski definition) is 1. The van der Waals surface area contributed by atoms with Crippen molar-refractivity contribution in [1.29, 1.82) is 0 Å². The monoisotopic (exact) mass is 263 g/mol. The molecule has 0 aromatic carbocycles. The number of rotatable bonds is 5. The SMILES string of the molecule is CCC(OC)c1nc(C)c2c(n1)CCC(CNC)C2. The van der Waals surface area contributed by atoms with Gasteiger partial charge in [0.15, 0.2) is 5.82 Å². The van der Waals surface area contributed by atoms with Gasteiger partial charge < -0.3 is 10.1 Å². The summed E-state index contributed by atoms with van der Waals surface area (Å²) in [4.78, 5) is 9.42. The molecule has 0 spiro atoms. The van der Waals surface area contributed by atoms with Crippen LogP contribution in [0.1, 0.15) is 48.6 Å². The van der Waals surface area contributed by atoms with Crippen molar-refractivity contribution in [2.75, 3.05) is 20.7 Å². The molecule has 0 aliphatic heterocycles. The van der Waals surface area contributed by atoms with Gasteiger partial charge in [0.05, 0.1) is 0 Å². The van der Waals surface area contributed by atoms with Crippen molar-refractivity contribution in [1.82, 2.24) is 15.3 Å². The van der Waals surface area contributed by atoms with Gasteiger partial charge in [0.25, 0.3) is 0 Å². The Morgan fingerprint density at radius 3 is 2.84 bits per heavy atom. The highest BCUT2D eigenvalue weighted by Gasteiger charge is 2.23. The van der Waals surface area contributed by atoms with Crippen LogP contribution in [0.15, 0.2) is 0 Å². The summed E-state index contributed by atoms with van der Waals surface area (Å²) >= 11 is 0. The molecule has 1 heterocycles. The number of hydrogen-bond acceptors (Lipinski definition) is 4. The second-order valence-corrected chi connectivity index (χ2v) is 5.39. The molecule has 0 amide bonds. The van der Waals surface area contributed by atoms with E-state index in [-0.39, 0.29) is 6.10 Å². The minimum Gasteiger partial charge on any atom is -0.373 e. The Bertz CT molecular complexity index is 430. The first-order valence-corrected chi connectivity index (χ1v) is 7.23. The van der Waals surface area contributed by atoms with E-state index in [0.717, 1.165) is 43.2 Å². The quantitative estimate of drug-likeness (QED) is 0.885. The molecule has 0 fully saturated rings. The Labute approximate surface area is 116 Å². The van der Waals surface area contributed by atoms with Gasteiger partial charge in [-0.15, -0.1) is 0 Å². The van der Waals surface area contributed by atoms with Crippen LogP contribution in [0.3, 0.4) is 0 Å². The summed E-state index contributed by atoms with van der Waals surface area (Å²) in [5.74, 6) is 1.57. The van der Waals surface area contributed by atoms with Crippen LogP contribution in [-0.2, 0) is 17.6 Å². The first-order valence-electron chi connectivity index (χ1n) is 7.23. The molecule has 4 nitrogen and oxygen atoms in total. The predicted octanol–water partition coefficient (Wildman–Crippen LogP) is 2.21. The highest BCUT2D eigenvalue weighted by molar-refractivity contribution is 5.28. The van der Waals surface area contributed by atoms with Gasteiger partial charge in [0.2, 0.25) is 0 Å². The third-order valence-electron chi connectivity index (χ3n) is 4.04. The van der Waals surface area contributed by atoms with Gasteiger partial charge in [-0.3, -0.25) is 0 Å². The first-order chi connectivity index (χ1) is 9.19. The molecule has 0 saturated carbocycles. The zero-order valence-electron chi connectivity index (χ0n) is 12.5. The molecule has 4 heteroatoms. The van der Waals surface area contributed by atoms with Crippen LogP contribution in [0.5, 0.6) is 0 Å². The Balaban J connectivity index is 2.26. The molecule has 2 rings (SSSR count). The van der Waals surface area contributed by atoms with Crippen molar-refractivity contribution in [3.63, 3.8) is 0 Å². The lowest BCUT2D eigenvalue weighted by molar-refractivity contribution is 0.0920. The van der Waals surface area contributed by atoms with E-state index in [2.05, 4.69) is 24.1 Å². The third kappa shape index (κ3) is 3.12. The summed E-state index contributed by atoms with van der Waals surface area (Å²) in [7, 11) is 3.75. The molecule has 1 N–H and O–H groups in total. The lowest BCUT2D eigenvalue weighted by atomic mass is 9.85. The molecule has 19 heavy (non-hydrogen) atoms. The van der Waals surface area contributed by atoms with Crippen molar-refractivity contribution in [3.8, 4) is 0 Å². The van der Waals surface area contributed by atoms with Crippen LogP contribution in [0, 0.1) is 12.8 Å². The Morgan fingerprint density at radius 2 is 2.21 bits per heavy atom. The van der Waals surface area contributed by atoms with Crippen molar-refractivity contribution in [2.24, 2.45) is 5.92 Å². The van der Waals surface area contributed by atoms with Crippen molar-refractivity contribution in [2.45, 2.75) is 45.6 Å². The molecule has 1 aliphatic carbocycles. The summed E-state index contributed by atoms with van der Waals surface area (Å²) in [6, 6.07) is 0. The van der Waals surface area contributed by atoms with E-state index in [0.29, 0.717) is 0 Å². The topological polar surface area (TPSA) is 47.0 Å². The van der Waals surface area contributed by atoms with Crippen LogP contribution in [0.2, 0.25) is 0 Å². The maximum atomic E-state index is 5.46. The molecule has 2 unspecified atom stereocenters. The number of nitrogens with one attached hydrogen (secondary N) is 1. The second-order valence-electron chi connectivity index (χ2n) is 5.39. The number of nitrogens with zero attached hydrogens (tertiary/aromatic N) is 2. The van der Waals surface area contributed by atoms with Crippen molar-refractivity contribution >= 4 is 0 Å². The maximum Gasteiger partial charge on any atom is 0.157 e. The fourth-order valence-electron chi connectivity index (χ4n) is 2.94. The Hall–Kier alpha value is -1.00. The van der Waals surface area contributed by atoms with E-state index in [9.17, 15) is 0 Å². The minimum absolute atomic E-state index is 0.0269. The van der Waals surface area contributed by atoms with E-state index in [1.807, 2.05) is 7.05 Å². The summed E-state index contributed by atoms with van der Waals surface area (Å²) in [5, 5.41) is 3.27. The van der Waals surface area contributed by atoms with E-state index in [1.165, 1.54) is 17.7 Å². The molecule has 1 aromatic heterocycles. The average Bonchev–Trinajstić information content (AvgIpc) is 2.41. The minimum atomic E-state index is 0.0269. The smallest absolute Gasteiger partial charge is 0.157 e. The standard InChI is InChI=1S/C15H25N3O/c1-5-14(19-4)15-17-10(2)12-8-11(9-16-3)6-7-13(12)18-15/h11,14,16H,5-9H2,1-4H3. The summed E-state index contributed by atoms with van der Waals surface area (Å²) in [5.41, 5.74) is 3.74. The normalized spacial score (nSPS) is 20.1. The number of ether oxygens (including phenoxy) is 1. The highest BCUT2D eigenvalue weighted by Crippen LogP contribution is 2.28. The van der Waals surface area contributed by atoms with Gasteiger partial charge in [0, 0.05) is 18.5 Å². The van der Waals surface area contributed by atoms with Crippen molar-refractivity contribution in [3.05, 3.63) is 22.8 Å². The number of aryl methyl sites for hydroxylation is 2. The summed E-state index contributed by atoms with van der Waals surface area (Å²) < 4.78 is 5.46. The fourth-order valence-corrected chi connectivity index (χ4v) is 2.94. The molecule has 0 saturated heterocycles. The Morgan fingerprint density at radius 1 is 1.42 bits per heavy atom. The molecule has 0 bridgehead atoms. The molecule has 106 valence electrons. The van der Waals surface area contributed by atoms with Gasteiger partial charge in [-0.2, -0.15) is 0 Å². The van der Waals surface area contributed by atoms with Crippen LogP contribution in [0.4, 0.5) is 0 Å². The van der Waals surface area contributed by atoms with Gasteiger partial charge in [-0.1, -0.05) is 6.92 Å². The predicted molar refractivity (Wildman–Crippen MR) is 76.3 cm³/mol. The highest BCUT2D eigenvalue weighted by atomic mass is 16.5. The molecule has 1 aromatic rings. The molecular weight excluding hydrogens is 238 g/mol. The zero-order valence-corrected chi connectivity index (χ0v) is 12.5. The average molecular weight is 263 g/mol. The molecule has 0 radical (unpaired) electrons. The van der Waals surface area contributed by atoms with Gasteiger partial charge in [0.1, 0.15) is 6.10 Å². The number of fused-ring (bicyclic) bond motifs is 1. The van der Waals surface area contributed by atoms with Crippen LogP contribution in [0.25, 0.3) is 0 Å². The second kappa shape index (κ2) is 6.44. The number of methoxy groups -OCH3 is 1. The fraction of sp³-hybridized carbons (Fsp3) is 0.733. The zero-order chi connectivity index (χ0) is 13.8. The lowest BCUT2D eigenvalue weighted by Gasteiger charge is -2.26. The Kier molecular flexibility index (Phi) is 4.88. The first kappa shape index (κ1) is 14.4. The van der Waals surface area contributed by atoms with E-state index in [1.54, 1.807) is 7.11 Å². The van der Waals surface area contributed by atoms with Gasteiger partial charge in [-0.25, -0.2) is 9.97 Å². The van der Waals surface area contributed by atoms with E-state index < -0.39 is 0 Å². The largest absolute Gasteiger partial charge is 0.373 e. The van der Waals surface area contributed by atoms with Crippen LogP contribution < -0.4 is 5.32 Å². The van der Waals surface area contributed by atoms with E-state index in [4.69, 9.17) is 9.72 Å². The molecule has 2 atom stereocenters. The van der Waals surface area contributed by atoms with Crippen molar-refractivity contribution < 1.29 is 4.74 Å². The number of aromatic nitrogens is 2. The summed E-state index contributed by atoms with van der Waals surface area (Å²) in [6.07, 6.45) is 4.33. The molecule has 1 aliphatic rings. The lowest BCUT2D eigenvalue weighted by Crippen LogP contribution is -2.27. The van der Waals surface area contributed by atoms with Crippen LogP contribution >= 0.6 is 0 Å². The third-order valence-corrected chi connectivity index (χ3v) is 4.04. The maximum absolute atomic E-state index is 5.46. The van der Waals surface area contributed by atoms with Gasteiger partial charge in [-0.05, 0) is 57.7 Å². The molecular formula is C15H25N3O.